The van der Waals surface area contributed by atoms with Gasteiger partial charge in [-0.05, 0) is 20.8 Å². The lowest BCUT2D eigenvalue weighted by molar-refractivity contribution is -0.145. The van der Waals surface area contributed by atoms with Gasteiger partial charge in [-0.3, -0.25) is 10.00 Å². The lowest BCUT2D eigenvalue weighted by atomic mass is 10.1. The van der Waals surface area contributed by atoms with Crippen molar-refractivity contribution in [1.29, 1.82) is 0 Å². The molecule has 0 aliphatic heterocycles. The van der Waals surface area contributed by atoms with Crippen molar-refractivity contribution in [2.75, 3.05) is 13.2 Å². The summed E-state index contributed by atoms with van der Waals surface area (Å²) in [4.78, 5) is 11.8. The Kier molecular flexibility index (Phi) is 5.40. The van der Waals surface area contributed by atoms with E-state index in [1.54, 1.807) is 17.8 Å². The van der Waals surface area contributed by atoms with Gasteiger partial charge in [-0.2, -0.15) is 5.10 Å². The molecule has 0 bridgehead atoms. The van der Waals surface area contributed by atoms with E-state index >= 15 is 0 Å². The van der Waals surface area contributed by atoms with Crippen LogP contribution in [0.5, 0.6) is 0 Å². The molecule has 1 aromatic rings. The highest BCUT2D eigenvalue weighted by atomic mass is 16.5. The molecule has 1 rings (SSSR count). The summed E-state index contributed by atoms with van der Waals surface area (Å²) in [6.07, 6.45) is 8.68. The van der Waals surface area contributed by atoms with Gasteiger partial charge in [0.25, 0.3) is 0 Å². The molecule has 1 heterocycles. The lowest BCUT2D eigenvalue weighted by Crippen LogP contribution is -2.30. The van der Waals surface area contributed by atoms with Crippen molar-refractivity contribution in [1.82, 2.24) is 15.1 Å². The van der Waals surface area contributed by atoms with E-state index < -0.39 is 6.04 Å². The minimum atomic E-state index is -0.562. The molecule has 0 radical (unpaired) electrons. The van der Waals surface area contributed by atoms with Crippen LogP contribution in [0.3, 0.4) is 0 Å². The van der Waals surface area contributed by atoms with Crippen molar-refractivity contribution in [2.24, 2.45) is 0 Å². The zero-order valence-corrected chi connectivity index (χ0v) is 11.0. The number of carbonyl (C=O) groups is 1. The van der Waals surface area contributed by atoms with E-state index in [-0.39, 0.29) is 12.0 Å². The van der Waals surface area contributed by atoms with Crippen molar-refractivity contribution in [3.05, 3.63) is 18.0 Å². The van der Waals surface area contributed by atoms with Gasteiger partial charge in [0.05, 0.1) is 19.3 Å². The first-order chi connectivity index (χ1) is 8.60. The third kappa shape index (κ3) is 3.60. The summed E-state index contributed by atoms with van der Waals surface area (Å²) in [6, 6.07) is -0.317. The average Bonchev–Trinajstić information content (AvgIpc) is 2.79. The summed E-state index contributed by atoms with van der Waals surface area (Å²) in [5.41, 5.74) is 0.761. The maximum absolute atomic E-state index is 11.8. The Hall–Kier alpha value is -1.80. The zero-order valence-electron chi connectivity index (χ0n) is 11.0. The largest absolute Gasteiger partial charge is 0.465 e. The second-order valence-corrected chi connectivity index (χ2v) is 4.12. The van der Waals surface area contributed by atoms with Crippen molar-refractivity contribution < 1.29 is 9.53 Å². The number of nitrogens with zero attached hydrogens (tertiary/aromatic N) is 2. The minimum Gasteiger partial charge on any atom is -0.465 e. The number of carbonyl (C=O) groups excluding carboxylic acids is 1. The minimum absolute atomic E-state index is 0.245. The molecule has 0 amide bonds. The van der Waals surface area contributed by atoms with Crippen LogP contribution in [0.15, 0.2) is 12.4 Å². The molecule has 18 heavy (non-hydrogen) atoms. The summed E-state index contributed by atoms with van der Waals surface area (Å²) in [7, 11) is 0. The highest BCUT2D eigenvalue weighted by Gasteiger charge is 2.22. The number of aromatic nitrogens is 2. The third-order valence-corrected chi connectivity index (χ3v) is 2.41. The third-order valence-electron chi connectivity index (χ3n) is 2.41. The van der Waals surface area contributed by atoms with Crippen LogP contribution >= 0.6 is 0 Å². The van der Waals surface area contributed by atoms with E-state index in [1.807, 2.05) is 20.0 Å². The Balaban J connectivity index is 2.87. The fraction of sp³-hybridized carbons (Fsp3) is 0.538. The molecule has 0 spiro atoms. The van der Waals surface area contributed by atoms with Gasteiger partial charge in [0.15, 0.2) is 0 Å². The molecule has 5 heteroatoms. The molecule has 0 aromatic carbocycles. The van der Waals surface area contributed by atoms with Crippen molar-refractivity contribution in [3.63, 3.8) is 0 Å². The highest BCUT2D eigenvalue weighted by Crippen LogP contribution is 2.15. The van der Waals surface area contributed by atoms with Crippen LogP contribution in [-0.4, -0.2) is 28.9 Å². The molecule has 0 saturated carbocycles. The van der Waals surface area contributed by atoms with Crippen LogP contribution in [0, 0.1) is 12.3 Å². The van der Waals surface area contributed by atoms with Gasteiger partial charge in [-0.25, -0.2) is 4.79 Å². The Morgan fingerprint density at radius 2 is 2.39 bits per heavy atom. The van der Waals surface area contributed by atoms with Gasteiger partial charge in [-0.1, -0.05) is 5.92 Å². The summed E-state index contributed by atoms with van der Waals surface area (Å²) in [5.74, 6) is 2.11. The molecule has 1 N–H and O–H groups in total. The van der Waals surface area contributed by atoms with Crippen molar-refractivity contribution in [2.45, 2.75) is 32.9 Å². The van der Waals surface area contributed by atoms with Gasteiger partial charge in [0.2, 0.25) is 0 Å². The van der Waals surface area contributed by atoms with Gasteiger partial charge in [-0.15, -0.1) is 6.42 Å². The van der Waals surface area contributed by atoms with Crippen molar-refractivity contribution >= 4 is 5.97 Å². The average molecular weight is 249 g/mol. The van der Waals surface area contributed by atoms with E-state index in [9.17, 15) is 4.79 Å². The number of rotatable bonds is 6. The van der Waals surface area contributed by atoms with E-state index in [2.05, 4.69) is 16.3 Å². The predicted octanol–water partition coefficient (Wildman–Crippen LogP) is 1.29. The Morgan fingerprint density at radius 3 is 2.89 bits per heavy atom. The summed E-state index contributed by atoms with van der Waals surface area (Å²) in [6.45, 7) is 6.45. The molecule has 98 valence electrons. The number of terminal acetylenes is 1. The fourth-order valence-corrected chi connectivity index (χ4v) is 1.51. The first-order valence-electron chi connectivity index (χ1n) is 5.97. The summed E-state index contributed by atoms with van der Waals surface area (Å²) >= 11 is 0. The number of nitrogens with one attached hydrogen (secondary N) is 1. The highest BCUT2D eigenvalue weighted by molar-refractivity contribution is 5.77. The van der Waals surface area contributed by atoms with E-state index in [1.165, 1.54) is 0 Å². The molecule has 1 atom stereocenters. The Labute approximate surface area is 108 Å². The molecule has 0 aliphatic rings. The molecule has 1 unspecified atom stereocenters. The SMILES string of the molecule is C#CCNC(C(=O)OCC)c1cnn(C(C)C)c1. The van der Waals surface area contributed by atoms with Crippen LogP contribution in [0.2, 0.25) is 0 Å². The number of hydrogen-bond acceptors (Lipinski definition) is 4. The topological polar surface area (TPSA) is 56.1 Å². The fourth-order valence-electron chi connectivity index (χ4n) is 1.51. The van der Waals surface area contributed by atoms with Gasteiger partial charge < -0.3 is 4.74 Å². The summed E-state index contributed by atoms with van der Waals surface area (Å²) < 4.78 is 6.81. The second kappa shape index (κ2) is 6.82. The first-order valence-corrected chi connectivity index (χ1v) is 5.97. The lowest BCUT2D eigenvalue weighted by Gasteiger charge is -2.14. The zero-order chi connectivity index (χ0) is 13.5. The molecule has 0 fully saturated rings. The van der Waals surface area contributed by atoms with E-state index in [0.29, 0.717) is 13.2 Å². The molecular formula is C13H19N3O2. The molecule has 0 aliphatic carbocycles. The predicted molar refractivity (Wildman–Crippen MR) is 68.8 cm³/mol. The van der Waals surface area contributed by atoms with Crippen LogP contribution in [0.4, 0.5) is 0 Å². The second-order valence-electron chi connectivity index (χ2n) is 4.12. The van der Waals surface area contributed by atoms with Crippen LogP contribution < -0.4 is 5.32 Å². The van der Waals surface area contributed by atoms with Crippen LogP contribution in [-0.2, 0) is 9.53 Å². The quantitative estimate of drug-likeness (QED) is 0.609. The van der Waals surface area contributed by atoms with E-state index in [4.69, 9.17) is 11.2 Å². The first kappa shape index (κ1) is 14.3. The van der Waals surface area contributed by atoms with Crippen molar-refractivity contribution in [3.8, 4) is 12.3 Å². The van der Waals surface area contributed by atoms with Crippen LogP contribution in [0.25, 0.3) is 0 Å². The normalized spacial score (nSPS) is 12.2. The standard InChI is InChI=1S/C13H19N3O2/c1-5-7-14-12(13(17)18-6-2)11-8-15-16(9-11)10(3)4/h1,8-10,12,14H,6-7H2,2-4H3. The molecule has 5 nitrogen and oxygen atoms in total. The van der Waals surface area contributed by atoms with Crippen LogP contribution in [0.1, 0.15) is 38.4 Å². The molecular weight excluding hydrogens is 230 g/mol. The van der Waals surface area contributed by atoms with E-state index in [0.717, 1.165) is 5.56 Å². The van der Waals surface area contributed by atoms with Gasteiger partial charge in [0, 0.05) is 17.8 Å². The number of esters is 1. The Morgan fingerprint density at radius 1 is 1.67 bits per heavy atom. The number of hydrogen-bond donors (Lipinski definition) is 1. The van der Waals surface area contributed by atoms with Gasteiger partial charge >= 0.3 is 5.97 Å². The Bertz CT molecular complexity index is 432. The molecule has 0 saturated heterocycles. The molecule has 1 aromatic heterocycles. The smallest absolute Gasteiger partial charge is 0.327 e. The number of ether oxygens (including phenoxy) is 1. The van der Waals surface area contributed by atoms with Gasteiger partial charge in [0.1, 0.15) is 6.04 Å². The maximum Gasteiger partial charge on any atom is 0.327 e. The monoisotopic (exact) mass is 249 g/mol. The summed E-state index contributed by atoms with van der Waals surface area (Å²) in [5, 5.41) is 7.16. The maximum atomic E-state index is 11.8.